The Hall–Kier alpha value is -2.59. The fourth-order valence-corrected chi connectivity index (χ4v) is 3.01. The van der Waals surface area contributed by atoms with E-state index in [2.05, 4.69) is 32.5 Å². The van der Waals surface area contributed by atoms with Gasteiger partial charge in [-0.2, -0.15) is 8.78 Å². The number of hydrogen-bond donors (Lipinski definition) is 0. The number of aryl methyl sites for hydroxylation is 1. The van der Waals surface area contributed by atoms with Gasteiger partial charge in [0.05, 0.1) is 6.67 Å². The molecule has 0 saturated carbocycles. The highest BCUT2D eigenvalue weighted by Gasteiger charge is 2.21. The van der Waals surface area contributed by atoms with Crippen LogP contribution in [0.4, 0.5) is 13.2 Å². The third-order valence-electron chi connectivity index (χ3n) is 3.94. The van der Waals surface area contributed by atoms with Crippen LogP contribution in [0.2, 0.25) is 0 Å². The molecule has 2 rings (SSSR count). The maximum atomic E-state index is 12.7. The first-order valence-electron chi connectivity index (χ1n) is 8.88. The van der Waals surface area contributed by atoms with Crippen LogP contribution < -0.4 is 4.74 Å². The molecule has 0 amide bonds. The maximum absolute atomic E-state index is 12.7. The van der Waals surface area contributed by atoms with E-state index < -0.39 is 24.9 Å². The van der Waals surface area contributed by atoms with E-state index in [1.807, 2.05) is 6.92 Å². The van der Waals surface area contributed by atoms with Crippen molar-refractivity contribution in [1.29, 1.82) is 0 Å². The summed E-state index contributed by atoms with van der Waals surface area (Å²) in [5.74, 6) is 4.16. The van der Waals surface area contributed by atoms with Gasteiger partial charge >= 0.3 is 6.61 Å². The molecule has 0 spiro atoms. The Morgan fingerprint density at radius 3 is 2.34 bits per heavy atom. The lowest BCUT2D eigenvalue weighted by atomic mass is 9.98. The second kappa shape index (κ2) is 10.8. The molecule has 2 aromatic carbocycles. The Kier molecular flexibility index (Phi) is 8.47. The van der Waals surface area contributed by atoms with Gasteiger partial charge in [-0.3, -0.25) is 14.0 Å². The van der Waals surface area contributed by atoms with Crippen LogP contribution >= 0.6 is 15.9 Å². The molecule has 0 aromatic heterocycles. The number of ketones is 2. The highest BCUT2D eigenvalue weighted by Crippen LogP contribution is 2.25. The average molecular weight is 467 g/mol. The normalized spacial score (nSPS) is 10.4. The minimum Gasteiger partial charge on any atom is -0.435 e. The quantitative estimate of drug-likeness (QED) is 0.281. The van der Waals surface area contributed by atoms with Crippen LogP contribution in [-0.4, -0.2) is 24.9 Å². The molecular formula is C22H18BrF3O3. The standard InChI is InChI=1S/C22H18BrF3O3/c1-2-3-4-5-14-6-7-17(13-18(14)23)21(28)20(27)16-8-9-19(29-22(25)26)15(12-16)10-11-24/h6-9,12-13,22H,2-3,10-11H2,1H3. The SMILES string of the molecule is CCCC#Cc1ccc(C(=O)C(=O)c2ccc(OC(F)F)c(CCF)c2)cc1Br. The molecule has 2 aromatic rings. The highest BCUT2D eigenvalue weighted by atomic mass is 79.9. The Labute approximate surface area is 175 Å². The molecule has 0 aliphatic rings. The average Bonchev–Trinajstić information content (AvgIpc) is 2.69. The molecule has 0 N–H and O–H groups in total. The summed E-state index contributed by atoms with van der Waals surface area (Å²) in [5, 5.41) is 0. The minimum atomic E-state index is -3.08. The van der Waals surface area contributed by atoms with Gasteiger partial charge in [0.15, 0.2) is 0 Å². The van der Waals surface area contributed by atoms with Gasteiger partial charge in [0, 0.05) is 34.0 Å². The van der Waals surface area contributed by atoms with E-state index in [1.54, 1.807) is 6.07 Å². The van der Waals surface area contributed by atoms with E-state index >= 15 is 0 Å². The van der Waals surface area contributed by atoms with Gasteiger partial charge in [0.1, 0.15) is 5.75 Å². The van der Waals surface area contributed by atoms with Crippen LogP contribution in [0.15, 0.2) is 40.9 Å². The fraction of sp³-hybridized carbons (Fsp3) is 0.273. The molecule has 152 valence electrons. The zero-order valence-corrected chi connectivity index (χ0v) is 17.2. The molecule has 0 aliphatic carbocycles. The summed E-state index contributed by atoms with van der Waals surface area (Å²) in [6, 6.07) is 8.20. The van der Waals surface area contributed by atoms with Gasteiger partial charge in [-0.15, -0.1) is 0 Å². The van der Waals surface area contributed by atoms with Crippen LogP contribution in [0, 0.1) is 11.8 Å². The van der Waals surface area contributed by atoms with Crippen molar-refractivity contribution < 1.29 is 27.5 Å². The monoisotopic (exact) mass is 466 g/mol. The molecule has 29 heavy (non-hydrogen) atoms. The van der Waals surface area contributed by atoms with Gasteiger partial charge < -0.3 is 4.74 Å². The molecule has 7 heteroatoms. The number of carbonyl (C=O) groups is 2. The molecule has 0 bridgehead atoms. The van der Waals surface area contributed by atoms with Gasteiger partial charge in [-0.25, -0.2) is 0 Å². The Morgan fingerprint density at radius 2 is 1.76 bits per heavy atom. The summed E-state index contributed by atoms with van der Waals surface area (Å²) in [6.45, 7) is -1.88. The third kappa shape index (κ3) is 6.20. The van der Waals surface area contributed by atoms with Crippen LogP contribution in [0.3, 0.4) is 0 Å². The number of unbranched alkanes of at least 4 members (excludes halogenated alkanes) is 1. The number of rotatable bonds is 8. The van der Waals surface area contributed by atoms with Crippen molar-refractivity contribution in [3.63, 3.8) is 0 Å². The number of halogens is 4. The molecule has 0 saturated heterocycles. The summed E-state index contributed by atoms with van der Waals surface area (Å²) in [7, 11) is 0. The van der Waals surface area contributed by atoms with Crippen molar-refractivity contribution in [2.75, 3.05) is 6.67 Å². The van der Waals surface area contributed by atoms with Crippen LogP contribution in [0.1, 0.15) is 51.6 Å². The van der Waals surface area contributed by atoms with Crippen molar-refractivity contribution >= 4 is 27.5 Å². The summed E-state index contributed by atoms with van der Waals surface area (Å²) in [5.41, 5.74) is 0.918. The number of carbonyl (C=O) groups excluding carboxylic acids is 2. The van der Waals surface area contributed by atoms with E-state index in [9.17, 15) is 22.8 Å². The molecule has 0 unspecified atom stereocenters. The van der Waals surface area contributed by atoms with E-state index in [0.29, 0.717) is 10.0 Å². The molecule has 0 fully saturated rings. The van der Waals surface area contributed by atoms with E-state index in [-0.39, 0.29) is 28.9 Å². The van der Waals surface area contributed by atoms with E-state index in [4.69, 9.17) is 0 Å². The molecule has 0 atom stereocenters. The molecule has 0 aliphatic heterocycles. The van der Waals surface area contributed by atoms with Crippen LogP contribution in [0.5, 0.6) is 5.75 Å². The number of alkyl halides is 3. The minimum absolute atomic E-state index is 0.0250. The smallest absolute Gasteiger partial charge is 0.387 e. The lowest BCUT2D eigenvalue weighted by Gasteiger charge is -2.11. The lowest BCUT2D eigenvalue weighted by molar-refractivity contribution is -0.0504. The summed E-state index contributed by atoms with van der Waals surface area (Å²) in [4.78, 5) is 25.1. The van der Waals surface area contributed by atoms with Crippen LogP contribution in [0.25, 0.3) is 0 Å². The number of ether oxygens (including phenoxy) is 1. The zero-order valence-electron chi connectivity index (χ0n) is 15.6. The van der Waals surface area contributed by atoms with Gasteiger partial charge in [-0.05, 0) is 64.3 Å². The molecule has 0 radical (unpaired) electrons. The number of benzene rings is 2. The molecule has 3 nitrogen and oxygen atoms in total. The number of Topliss-reactive ketones (excluding diaryl/α,β-unsaturated/α-hetero) is 2. The van der Waals surface area contributed by atoms with Crippen LogP contribution in [-0.2, 0) is 6.42 Å². The van der Waals surface area contributed by atoms with Gasteiger partial charge in [-0.1, -0.05) is 18.8 Å². The van der Waals surface area contributed by atoms with Crippen molar-refractivity contribution in [2.24, 2.45) is 0 Å². The van der Waals surface area contributed by atoms with Gasteiger partial charge in [0.2, 0.25) is 11.6 Å². The Bertz CT molecular complexity index is 962. The molecule has 0 heterocycles. The fourth-order valence-electron chi connectivity index (χ4n) is 2.53. The highest BCUT2D eigenvalue weighted by molar-refractivity contribution is 9.10. The second-order valence-corrected chi connectivity index (χ2v) is 6.90. The van der Waals surface area contributed by atoms with Crippen molar-refractivity contribution in [3.05, 3.63) is 63.1 Å². The van der Waals surface area contributed by atoms with E-state index in [1.165, 1.54) is 24.3 Å². The topological polar surface area (TPSA) is 43.4 Å². The zero-order chi connectivity index (χ0) is 21.4. The van der Waals surface area contributed by atoms with Crippen molar-refractivity contribution in [2.45, 2.75) is 32.8 Å². The van der Waals surface area contributed by atoms with Gasteiger partial charge in [0.25, 0.3) is 0 Å². The summed E-state index contributed by atoms with van der Waals surface area (Å²) < 4.78 is 42.6. The summed E-state index contributed by atoms with van der Waals surface area (Å²) in [6.07, 6.45) is 1.47. The first-order chi connectivity index (χ1) is 13.9. The first-order valence-corrected chi connectivity index (χ1v) is 9.67. The summed E-state index contributed by atoms with van der Waals surface area (Å²) >= 11 is 3.34. The largest absolute Gasteiger partial charge is 0.435 e. The lowest BCUT2D eigenvalue weighted by Crippen LogP contribution is -2.15. The van der Waals surface area contributed by atoms with Crippen molar-refractivity contribution in [1.82, 2.24) is 0 Å². The first kappa shape index (κ1) is 22.7. The second-order valence-electron chi connectivity index (χ2n) is 6.04. The number of hydrogen-bond acceptors (Lipinski definition) is 3. The van der Waals surface area contributed by atoms with E-state index in [0.717, 1.165) is 18.9 Å². The Balaban J connectivity index is 2.28. The maximum Gasteiger partial charge on any atom is 0.387 e. The molecular weight excluding hydrogens is 449 g/mol. The Morgan fingerprint density at radius 1 is 1.10 bits per heavy atom. The predicted octanol–water partition coefficient (Wildman–Crippen LogP) is 5.78. The third-order valence-corrected chi connectivity index (χ3v) is 4.59. The van der Waals surface area contributed by atoms with Crippen molar-refractivity contribution in [3.8, 4) is 17.6 Å². The predicted molar refractivity (Wildman–Crippen MR) is 107 cm³/mol.